The quantitative estimate of drug-likeness (QED) is 0.788. The van der Waals surface area contributed by atoms with Crippen LogP contribution in [0.15, 0.2) is 43.1 Å². The molecule has 0 saturated heterocycles. The molecule has 0 radical (unpaired) electrons. The van der Waals surface area contributed by atoms with E-state index in [1.165, 1.54) is 0 Å². The number of nitrogens with one attached hydrogen (secondary N) is 1. The summed E-state index contributed by atoms with van der Waals surface area (Å²) in [6.07, 6.45) is 7.31. The van der Waals surface area contributed by atoms with Crippen LogP contribution in [0.5, 0.6) is 0 Å². The molecule has 0 aliphatic heterocycles. The fourth-order valence-electron chi connectivity index (χ4n) is 1.20. The summed E-state index contributed by atoms with van der Waals surface area (Å²) in [7, 11) is 0. The van der Waals surface area contributed by atoms with Crippen LogP contribution in [-0.2, 0) is 6.54 Å². The number of nitrogens with zero attached hydrogens (tertiary/aromatic N) is 3. The second kappa shape index (κ2) is 4.41. The summed E-state index contributed by atoms with van der Waals surface area (Å²) < 4.78 is 2.02. The third kappa shape index (κ3) is 2.32. The zero-order valence-corrected chi connectivity index (χ0v) is 7.80. The van der Waals surface area contributed by atoms with Gasteiger partial charge in [-0.1, -0.05) is 6.07 Å². The molecule has 0 aliphatic rings. The molecule has 0 aromatic carbocycles. The first-order valence-electron chi connectivity index (χ1n) is 4.56. The molecule has 4 nitrogen and oxygen atoms in total. The maximum absolute atomic E-state index is 4.16. The molecule has 1 N–H and O–H groups in total. The van der Waals surface area contributed by atoms with Crippen molar-refractivity contribution in [1.29, 1.82) is 0 Å². The minimum Gasteiger partial charge on any atom is -0.368 e. The third-order valence-corrected chi connectivity index (χ3v) is 1.90. The summed E-state index contributed by atoms with van der Waals surface area (Å²) in [5.74, 6) is 0.910. The predicted octanol–water partition coefficient (Wildman–Crippen LogP) is 1.39. The topological polar surface area (TPSA) is 42.7 Å². The van der Waals surface area contributed by atoms with E-state index in [0.717, 1.165) is 18.9 Å². The van der Waals surface area contributed by atoms with Crippen molar-refractivity contribution >= 4 is 5.82 Å². The number of imidazole rings is 1. The third-order valence-electron chi connectivity index (χ3n) is 1.90. The highest BCUT2D eigenvalue weighted by molar-refractivity contribution is 5.32. The zero-order chi connectivity index (χ0) is 9.64. The van der Waals surface area contributed by atoms with Crippen molar-refractivity contribution in [1.82, 2.24) is 14.5 Å². The molecule has 0 aliphatic carbocycles. The van der Waals surface area contributed by atoms with Gasteiger partial charge in [0, 0.05) is 31.7 Å². The van der Waals surface area contributed by atoms with Gasteiger partial charge >= 0.3 is 0 Å². The minimum absolute atomic E-state index is 0.855. The van der Waals surface area contributed by atoms with Crippen molar-refractivity contribution in [3.8, 4) is 0 Å². The lowest BCUT2D eigenvalue weighted by atomic mass is 10.4. The Hall–Kier alpha value is -1.84. The first-order valence-corrected chi connectivity index (χ1v) is 4.56. The minimum atomic E-state index is 0.855. The van der Waals surface area contributed by atoms with Crippen LogP contribution in [0.3, 0.4) is 0 Å². The molecular formula is C10H12N4. The molecule has 0 spiro atoms. The van der Waals surface area contributed by atoms with Crippen LogP contribution < -0.4 is 5.32 Å². The van der Waals surface area contributed by atoms with E-state index < -0.39 is 0 Å². The lowest BCUT2D eigenvalue weighted by Gasteiger charge is -2.04. The monoisotopic (exact) mass is 188 g/mol. The maximum atomic E-state index is 4.16. The standard InChI is InChI=1S/C10H12N4/c1-2-4-12-10(3-1)13-6-8-14-7-5-11-9-14/h1-5,7,9H,6,8H2,(H,12,13). The molecule has 2 aromatic rings. The molecule has 0 unspecified atom stereocenters. The van der Waals surface area contributed by atoms with Gasteiger partial charge in [0.25, 0.3) is 0 Å². The normalized spacial score (nSPS) is 10.0. The van der Waals surface area contributed by atoms with E-state index in [0.29, 0.717) is 0 Å². The highest BCUT2D eigenvalue weighted by atomic mass is 15.1. The van der Waals surface area contributed by atoms with E-state index in [4.69, 9.17) is 0 Å². The Kier molecular flexibility index (Phi) is 2.76. The van der Waals surface area contributed by atoms with Crippen LogP contribution in [-0.4, -0.2) is 21.1 Å². The summed E-state index contributed by atoms with van der Waals surface area (Å²) in [4.78, 5) is 8.13. The smallest absolute Gasteiger partial charge is 0.125 e. The molecular weight excluding hydrogens is 176 g/mol. The Morgan fingerprint density at radius 2 is 2.29 bits per heavy atom. The lowest BCUT2D eigenvalue weighted by molar-refractivity contribution is 0.725. The Balaban J connectivity index is 1.79. The van der Waals surface area contributed by atoms with Gasteiger partial charge in [-0.05, 0) is 12.1 Å². The SMILES string of the molecule is c1ccc(NCCn2ccnc2)nc1. The molecule has 2 heterocycles. The Morgan fingerprint density at radius 1 is 1.29 bits per heavy atom. The average molecular weight is 188 g/mol. The Bertz CT molecular complexity index is 355. The summed E-state index contributed by atoms with van der Waals surface area (Å²) in [6, 6.07) is 5.82. The zero-order valence-electron chi connectivity index (χ0n) is 7.80. The van der Waals surface area contributed by atoms with Crippen molar-refractivity contribution in [2.24, 2.45) is 0 Å². The van der Waals surface area contributed by atoms with Gasteiger partial charge in [0.2, 0.25) is 0 Å². The van der Waals surface area contributed by atoms with Gasteiger partial charge in [0.15, 0.2) is 0 Å². The number of aromatic nitrogens is 3. The molecule has 0 saturated carbocycles. The van der Waals surface area contributed by atoms with Crippen molar-refractivity contribution < 1.29 is 0 Å². The highest BCUT2D eigenvalue weighted by Crippen LogP contribution is 1.98. The Morgan fingerprint density at radius 3 is 3.00 bits per heavy atom. The van der Waals surface area contributed by atoms with Crippen LogP contribution in [0.2, 0.25) is 0 Å². The van der Waals surface area contributed by atoms with Gasteiger partial charge in [0.1, 0.15) is 5.82 Å². The molecule has 0 amide bonds. The van der Waals surface area contributed by atoms with E-state index in [9.17, 15) is 0 Å². The van der Waals surface area contributed by atoms with E-state index >= 15 is 0 Å². The number of hydrogen-bond acceptors (Lipinski definition) is 3. The summed E-state index contributed by atoms with van der Waals surface area (Å²) >= 11 is 0. The second-order valence-corrected chi connectivity index (χ2v) is 2.94. The molecule has 4 heteroatoms. The number of hydrogen-bond donors (Lipinski definition) is 1. The highest BCUT2D eigenvalue weighted by Gasteiger charge is 1.91. The van der Waals surface area contributed by atoms with Crippen molar-refractivity contribution in [2.45, 2.75) is 6.54 Å². The number of anilines is 1. The number of rotatable bonds is 4. The molecule has 14 heavy (non-hydrogen) atoms. The van der Waals surface area contributed by atoms with Crippen molar-refractivity contribution in [3.63, 3.8) is 0 Å². The van der Waals surface area contributed by atoms with Crippen LogP contribution in [0.4, 0.5) is 5.82 Å². The second-order valence-electron chi connectivity index (χ2n) is 2.94. The van der Waals surface area contributed by atoms with E-state index in [1.807, 2.05) is 29.0 Å². The van der Waals surface area contributed by atoms with Crippen LogP contribution >= 0.6 is 0 Å². The summed E-state index contributed by atoms with van der Waals surface area (Å²) in [5, 5.41) is 3.22. The fourth-order valence-corrected chi connectivity index (χ4v) is 1.20. The van der Waals surface area contributed by atoms with Crippen LogP contribution in [0, 0.1) is 0 Å². The van der Waals surface area contributed by atoms with Gasteiger partial charge in [0.05, 0.1) is 6.33 Å². The van der Waals surface area contributed by atoms with Gasteiger partial charge in [-0.25, -0.2) is 9.97 Å². The largest absolute Gasteiger partial charge is 0.368 e. The first kappa shape index (κ1) is 8.74. The van der Waals surface area contributed by atoms with Gasteiger partial charge in [-0.15, -0.1) is 0 Å². The van der Waals surface area contributed by atoms with Gasteiger partial charge in [-0.3, -0.25) is 0 Å². The van der Waals surface area contributed by atoms with Crippen molar-refractivity contribution in [2.75, 3.05) is 11.9 Å². The first-order chi connectivity index (χ1) is 6.95. The summed E-state index contributed by atoms with van der Waals surface area (Å²) in [5.41, 5.74) is 0. The molecule has 0 bridgehead atoms. The molecule has 2 rings (SSSR count). The molecule has 0 fully saturated rings. The van der Waals surface area contributed by atoms with Crippen LogP contribution in [0.1, 0.15) is 0 Å². The maximum Gasteiger partial charge on any atom is 0.125 e. The lowest BCUT2D eigenvalue weighted by Crippen LogP contribution is -2.09. The molecule has 2 aromatic heterocycles. The fraction of sp³-hybridized carbons (Fsp3) is 0.200. The van der Waals surface area contributed by atoms with Crippen LogP contribution in [0.25, 0.3) is 0 Å². The average Bonchev–Trinajstić information content (AvgIpc) is 2.72. The van der Waals surface area contributed by atoms with E-state index in [1.54, 1.807) is 18.7 Å². The van der Waals surface area contributed by atoms with E-state index in [2.05, 4.69) is 15.3 Å². The predicted molar refractivity (Wildman–Crippen MR) is 55.0 cm³/mol. The summed E-state index contributed by atoms with van der Waals surface area (Å²) in [6.45, 7) is 1.75. The Labute approximate surface area is 82.6 Å². The van der Waals surface area contributed by atoms with Gasteiger partial charge in [-0.2, -0.15) is 0 Å². The van der Waals surface area contributed by atoms with E-state index in [-0.39, 0.29) is 0 Å². The number of pyridine rings is 1. The van der Waals surface area contributed by atoms with Gasteiger partial charge < -0.3 is 9.88 Å². The molecule has 0 atom stereocenters. The molecule has 72 valence electrons. The van der Waals surface area contributed by atoms with Crippen molar-refractivity contribution in [3.05, 3.63) is 43.1 Å².